The number of benzene rings is 2. The first-order valence-corrected chi connectivity index (χ1v) is 11.9. The highest BCUT2D eigenvalue weighted by Gasteiger charge is 2.59. The van der Waals surface area contributed by atoms with Gasteiger partial charge in [-0.15, -0.1) is 0 Å². The molecule has 158 valence electrons. The molecular formula is C26H31ClN2O. The molecule has 0 bridgehead atoms. The number of rotatable bonds is 6. The van der Waals surface area contributed by atoms with Crippen LogP contribution in [0.2, 0.25) is 5.02 Å². The van der Waals surface area contributed by atoms with Crippen LogP contribution in [-0.2, 0) is 11.2 Å². The van der Waals surface area contributed by atoms with Crippen LogP contribution in [0.3, 0.4) is 0 Å². The standard InChI is InChI=1S/C26H31ClN2O/c27-21-8-4-5-18(15-21)13-14-28-26(30)25-23-16-29(17-24(23)25)22-11-9-20(10-12-22)19-6-2-1-3-7-19/h1-8,15,20,22-25H,9-14,16-17H2,(H,28,30)/t20?,22?,23-,24+,25?. The molecule has 3 nitrogen and oxygen atoms in total. The Bertz CT molecular complexity index is 866. The van der Waals surface area contributed by atoms with Gasteiger partial charge in [-0.1, -0.05) is 54.1 Å². The largest absolute Gasteiger partial charge is 0.356 e. The van der Waals surface area contributed by atoms with Gasteiger partial charge in [-0.05, 0) is 73.1 Å². The molecule has 0 aromatic heterocycles. The van der Waals surface area contributed by atoms with E-state index in [1.54, 1.807) is 0 Å². The van der Waals surface area contributed by atoms with Gasteiger partial charge in [0, 0.05) is 36.6 Å². The second kappa shape index (κ2) is 8.72. The molecule has 4 heteroatoms. The van der Waals surface area contributed by atoms with E-state index in [0.717, 1.165) is 36.5 Å². The van der Waals surface area contributed by atoms with Gasteiger partial charge in [0.05, 0.1) is 0 Å². The number of likely N-dealkylation sites (tertiary alicyclic amines) is 1. The van der Waals surface area contributed by atoms with Crippen LogP contribution in [0.25, 0.3) is 0 Å². The van der Waals surface area contributed by atoms with Crippen LogP contribution in [0, 0.1) is 17.8 Å². The molecule has 30 heavy (non-hydrogen) atoms. The third-order valence-electron chi connectivity index (χ3n) is 7.61. The summed E-state index contributed by atoms with van der Waals surface area (Å²) in [6, 6.07) is 19.6. The molecule has 1 amide bonds. The molecule has 1 unspecified atom stereocenters. The van der Waals surface area contributed by atoms with Gasteiger partial charge in [0.25, 0.3) is 0 Å². The molecule has 2 aromatic carbocycles. The molecule has 3 aliphatic rings. The number of fused-ring (bicyclic) bond motifs is 1. The normalized spacial score (nSPS) is 30.6. The van der Waals surface area contributed by atoms with Gasteiger partial charge in [-0.25, -0.2) is 0 Å². The van der Waals surface area contributed by atoms with Crippen LogP contribution < -0.4 is 5.32 Å². The van der Waals surface area contributed by atoms with E-state index in [0.29, 0.717) is 18.4 Å². The molecule has 5 rings (SSSR count). The van der Waals surface area contributed by atoms with Crippen molar-refractivity contribution < 1.29 is 4.79 Å². The summed E-state index contributed by atoms with van der Waals surface area (Å²) in [7, 11) is 0. The van der Waals surface area contributed by atoms with Crippen molar-refractivity contribution in [2.45, 2.75) is 44.1 Å². The number of nitrogens with zero attached hydrogens (tertiary/aromatic N) is 1. The number of hydrogen-bond donors (Lipinski definition) is 1. The number of hydrogen-bond acceptors (Lipinski definition) is 2. The first-order chi connectivity index (χ1) is 14.7. The van der Waals surface area contributed by atoms with E-state index >= 15 is 0 Å². The average Bonchev–Trinajstić information content (AvgIpc) is 3.28. The molecule has 2 aromatic rings. The fraction of sp³-hybridized carbons (Fsp3) is 0.500. The number of nitrogens with one attached hydrogen (secondary N) is 1. The minimum atomic E-state index is 0.251. The first kappa shape index (κ1) is 20.1. The molecule has 3 atom stereocenters. The van der Waals surface area contributed by atoms with Crippen molar-refractivity contribution in [2.75, 3.05) is 19.6 Å². The smallest absolute Gasteiger partial charge is 0.223 e. The number of piperidine rings is 1. The van der Waals surface area contributed by atoms with Crippen molar-refractivity contribution in [2.24, 2.45) is 17.8 Å². The van der Waals surface area contributed by atoms with E-state index < -0.39 is 0 Å². The maximum absolute atomic E-state index is 12.6. The molecule has 1 saturated heterocycles. The van der Waals surface area contributed by atoms with Crippen LogP contribution in [0.15, 0.2) is 54.6 Å². The molecule has 0 radical (unpaired) electrons. The molecule has 1 heterocycles. The minimum absolute atomic E-state index is 0.251. The van der Waals surface area contributed by atoms with Gasteiger partial charge in [0.2, 0.25) is 5.91 Å². The summed E-state index contributed by atoms with van der Waals surface area (Å²) in [6.45, 7) is 2.94. The van der Waals surface area contributed by atoms with Crippen molar-refractivity contribution in [3.05, 3.63) is 70.7 Å². The van der Waals surface area contributed by atoms with Crippen LogP contribution in [0.1, 0.15) is 42.7 Å². The van der Waals surface area contributed by atoms with Gasteiger partial charge >= 0.3 is 0 Å². The summed E-state index contributed by atoms with van der Waals surface area (Å²) in [5.74, 6) is 2.42. The fourth-order valence-electron chi connectivity index (χ4n) is 5.89. The summed E-state index contributed by atoms with van der Waals surface area (Å²) >= 11 is 6.04. The number of carbonyl (C=O) groups excluding carboxylic acids is 1. The van der Waals surface area contributed by atoms with Crippen LogP contribution in [-0.4, -0.2) is 36.5 Å². The zero-order chi connectivity index (χ0) is 20.5. The first-order valence-electron chi connectivity index (χ1n) is 11.5. The topological polar surface area (TPSA) is 32.3 Å². The molecule has 0 spiro atoms. The lowest BCUT2D eigenvalue weighted by Gasteiger charge is -2.36. The zero-order valence-electron chi connectivity index (χ0n) is 17.5. The van der Waals surface area contributed by atoms with Crippen molar-refractivity contribution in [1.82, 2.24) is 10.2 Å². The Balaban J connectivity index is 1.04. The SMILES string of the molecule is O=C(NCCc1cccc(Cl)c1)C1[C@H]2CN(C3CCC(c4ccccc4)CC3)C[C@@H]12. The number of amides is 1. The number of carbonyl (C=O) groups is 1. The summed E-state index contributed by atoms with van der Waals surface area (Å²) < 4.78 is 0. The molecule has 2 saturated carbocycles. The van der Waals surface area contributed by atoms with Gasteiger partial charge < -0.3 is 5.32 Å². The Labute approximate surface area is 184 Å². The van der Waals surface area contributed by atoms with E-state index in [4.69, 9.17) is 11.6 Å². The average molecular weight is 423 g/mol. The van der Waals surface area contributed by atoms with Crippen molar-refractivity contribution in [3.63, 3.8) is 0 Å². The Hall–Kier alpha value is -1.84. The maximum atomic E-state index is 12.6. The van der Waals surface area contributed by atoms with E-state index in [2.05, 4.69) is 46.6 Å². The van der Waals surface area contributed by atoms with E-state index in [1.165, 1.54) is 36.8 Å². The van der Waals surface area contributed by atoms with E-state index in [1.807, 2.05) is 18.2 Å². The monoisotopic (exact) mass is 422 g/mol. The summed E-state index contributed by atoms with van der Waals surface area (Å²) in [5, 5.41) is 3.92. The van der Waals surface area contributed by atoms with E-state index in [-0.39, 0.29) is 11.8 Å². The maximum Gasteiger partial charge on any atom is 0.223 e. The van der Waals surface area contributed by atoms with Crippen molar-refractivity contribution in [3.8, 4) is 0 Å². The molecule has 2 aliphatic carbocycles. The van der Waals surface area contributed by atoms with Crippen molar-refractivity contribution in [1.29, 1.82) is 0 Å². The Morgan fingerprint density at radius 2 is 1.70 bits per heavy atom. The molecular weight excluding hydrogens is 392 g/mol. The van der Waals surface area contributed by atoms with Gasteiger partial charge in [-0.3, -0.25) is 9.69 Å². The van der Waals surface area contributed by atoms with Crippen molar-refractivity contribution >= 4 is 17.5 Å². The molecule has 1 N–H and O–H groups in total. The van der Waals surface area contributed by atoms with Crippen LogP contribution >= 0.6 is 11.6 Å². The zero-order valence-corrected chi connectivity index (χ0v) is 18.2. The van der Waals surface area contributed by atoms with E-state index in [9.17, 15) is 4.79 Å². The highest BCUT2D eigenvalue weighted by molar-refractivity contribution is 6.30. The second-order valence-corrected chi connectivity index (χ2v) is 9.83. The molecule has 1 aliphatic heterocycles. The van der Waals surface area contributed by atoms with Crippen LogP contribution in [0.5, 0.6) is 0 Å². The third kappa shape index (κ3) is 4.29. The Morgan fingerprint density at radius 3 is 2.40 bits per heavy atom. The van der Waals surface area contributed by atoms with Gasteiger partial charge in [-0.2, -0.15) is 0 Å². The lowest BCUT2D eigenvalue weighted by molar-refractivity contribution is -0.123. The summed E-state index contributed by atoms with van der Waals surface area (Å²) in [5.41, 5.74) is 2.69. The van der Waals surface area contributed by atoms with Crippen LogP contribution in [0.4, 0.5) is 0 Å². The summed E-state index contributed by atoms with van der Waals surface area (Å²) in [6.07, 6.45) is 6.04. The fourth-order valence-corrected chi connectivity index (χ4v) is 6.10. The highest BCUT2D eigenvalue weighted by Crippen LogP contribution is 2.53. The Kier molecular flexibility index (Phi) is 5.84. The third-order valence-corrected chi connectivity index (χ3v) is 7.85. The second-order valence-electron chi connectivity index (χ2n) is 9.39. The lowest BCUT2D eigenvalue weighted by Crippen LogP contribution is -2.39. The van der Waals surface area contributed by atoms with Gasteiger partial charge in [0.15, 0.2) is 0 Å². The Morgan fingerprint density at radius 1 is 0.967 bits per heavy atom. The predicted molar refractivity (Wildman–Crippen MR) is 122 cm³/mol. The minimum Gasteiger partial charge on any atom is -0.356 e. The quantitative estimate of drug-likeness (QED) is 0.717. The lowest BCUT2D eigenvalue weighted by atomic mass is 9.81. The summed E-state index contributed by atoms with van der Waals surface area (Å²) in [4.78, 5) is 15.3. The predicted octanol–water partition coefficient (Wildman–Crippen LogP) is 4.90. The number of halogens is 1. The molecule has 3 fully saturated rings. The highest BCUT2D eigenvalue weighted by atomic mass is 35.5. The van der Waals surface area contributed by atoms with Gasteiger partial charge in [0.1, 0.15) is 0 Å².